The highest BCUT2D eigenvalue weighted by Crippen LogP contribution is 2.14. The molecule has 0 aromatic carbocycles. The molecule has 0 amide bonds. The first kappa shape index (κ1) is 11.6. The fourth-order valence-electron chi connectivity index (χ4n) is 0.709. The average molecular weight is 185 g/mol. The summed E-state index contributed by atoms with van der Waals surface area (Å²) < 4.78 is 10.9. The normalized spacial score (nSPS) is 11.7. The molecule has 0 unspecified atom stereocenters. The van der Waals surface area contributed by atoms with Crippen molar-refractivity contribution in [3.63, 3.8) is 0 Å². The molecule has 0 saturated carbocycles. The molecule has 0 aromatic heterocycles. The zero-order valence-electron chi connectivity index (χ0n) is 8.09. The first-order valence-corrected chi connectivity index (χ1v) is 5.82. The maximum Gasteiger partial charge on any atom is 0.382 e. The summed E-state index contributed by atoms with van der Waals surface area (Å²) in [4.78, 5) is 0. The zero-order valence-corrected chi connectivity index (χ0v) is 9.09. The Bertz CT molecular complexity index is 149. The Labute approximate surface area is 76.7 Å². The van der Waals surface area contributed by atoms with Gasteiger partial charge in [-0.15, -0.1) is 0 Å². The van der Waals surface area contributed by atoms with Crippen LogP contribution in [0.3, 0.4) is 0 Å². The third-order valence-corrected chi connectivity index (χ3v) is 2.94. The second-order valence-electron chi connectivity index (χ2n) is 2.62. The van der Waals surface area contributed by atoms with Gasteiger partial charge in [0, 0.05) is 6.61 Å². The van der Waals surface area contributed by atoms with Crippen molar-refractivity contribution < 1.29 is 8.85 Å². The molecule has 0 N–H and O–H groups in total. The van der Waals surface area contributed by atoms with E-state index in [0.29, 0.717) is 6.61 Å². The molecule has 3 heteroatoms. The smallest absolute Gasteiger partial charge is 0.382 e. The summed E-state index contributed by atoms with van der Waals surface area (Å²) >= 11 is 0. The summed E-state index contributed by atoms with van der Waals surface area (Å²) in [5, 5.41) is 0. The van der Waals surface area contributed by atoms with Crippen LogP contribution in [0.5, 0.6) is 0 Å². The van der Waals surface area contributed by atoms with Gasteiger partial charge < -0.3 is 8.85 Å². The monoisotopic (exact) mass is 185 g/mol. The quantitative estimate of drug-likeness (QED) is 0.467. The minimum atomic E-state index is -1.16. The summed E-state index contributed by atoms with van der Waals surface area (Å²) in [6, 6.07) is 0. The van der Waals surface area contributed by atoms with Crippen LogP contribution in [0, 0.1) is 0 Å². The van der Waals surface area contributed by atoms with Gasteiger partial charge in [0.25, 0.3) is 0 Å². The van der Waals surface area contributed by atoms with Gasteiger partial charge in [-0.2, -0.15) is 0 Å². The van der Waals surface area contributed by atoms with E-state index in [0.717, 1.165) is 0 Å². The number of hydrogen-bond donors (Lipinski definition) is 0. The first-order valence-electron chi connectivity index (χ1n) is 4.00. The van der Waals surface area contributed by atoms with Crippen LogP contribution in [-0.4, -0.2) is 21.5 Å². The molecule has 0 spiro atoms. The van der Waals surface area contributed by atoms with Gasteiger partial charge in [-0.05, 0) is 20.4 Å². The van der Waals surface area contributed by atoms with E-state index >= 15 is 0 Å². The Balaban J connectivity index is 4.01. The molecule has 2 nitrogen and oxygen atoms in total. The van der Waals surface area contributed by atoms with Gasteiger partial charge in [0.1, 0.15) is 0 Å². The van der Waals surface area contributed by atoms with Gasteiger partial charge in [-0.3, -0.25) is 0 Å². The molecule has 0 aliphatic carbocycles. The van der Waals surface area contributed by atoms with Crippen molar-refractivity contribution in [3.8, 4) is 0 Å². The molecular weight excluding hydrogens is 168 g/mol. The second-order valence-corrected chi connectivity index (χ2v) is 4.09. The van der Waals surface area contributed by atoms with E-state index in [2.05, 4.69) is 13.2 Å². The van der Waals surface area contributed by atoms with Crippen molar-refractivity contribution in [1.29, 1.82) is 0 Å². The number of rotatable bonds is 6. The van der Waals surface area contributed by atoms with Crippen molar-refractivity contribution in [2.24, 2.45) is 0 Å². The predicted molar refractivity (Wildman–Crippen MR) is 53.1 cm³/mol. The summed E-state index contributed by atoms with van der Waals surface area (Å²) in [7, 11) is -1.16. The molecule has 0 bridgehead atoms. The molecule has 0 saturated heterocycles. The molecule has 0 rings (SSSR count). The minimum absolute atomic E-state index is 0.446. The molecule has 0 heterocycles. The van der Waals surface area contributed by atoms with E-state index in [-0.39, 0.29) is 0 Å². The lowest BCUT2D eigenvalue weighted by molar-refractivity contribution is 0.134. The molecule has 69 valence electrons. The fourth-order valence-corrected chi connectivity index (χ4v) is 1.96. The summed E-state index contributed by atoms with van der Waals surface area (Å²) in [6.45, 7) is 13.9. The fraction of sp³-hybridized carbons (Fsp3) is 0.556. The second kappa shape index (κ2) is 5.30. The average Bonchev–Trinajstić information content (AvgIpc) is 2.05. The summed E-state index contributed by atoms with van der Waals surface area (Å²) in [5.74, 6) is 0. The van der Waals surface area contributed by atoms with Crippen LogP contribution < -0.4 is 0 Å². The van der Waals surface area contributed by atoms with Gasteiger partial charge in [-0.1, -0.05) is 25.3 Å². The highest BCUT2D eigenvalue weighted by Gasteiger charge is 2.21. The summed E-state index contributed by atoms with van der Waals surface area (Å²) in [6.07, 6.45) is 3.46. The van der Waals surface area contributed by atoms with E-state index in [4.69, 9.17) is 8.85 Å². The maximum absolute atomic E-state index is 5.62. The molecule has 12 heavy (non-hydrogen) atoms. The van der Waals surface area contributed by atoms with Crippen molar-refractivity contribution in [2.75, 3.05) is 6.61 Å². The van der Waals surface area contributed by atoms with Crippen LogP contribution in [0.1, 0.15) is 13.8 Å². The standard InChI is InChI=1S/C9H17O2Si/c1-6-9(4,7-2)11-12(5)10-8-3/h6-7H,1-2,8H2,3-5H3. The third kappa shape index (κ3) is 3.85. The number of hydrogen-bond acceptors (Lipinski definition) is 2. The van der Waals surface area contributed by atoms with Crippen LogP contribution in [0.25, 0.3) is 0 Å². The van der Waals surface area contributed by atoms with Gasteiger partial charge in [-0.25, -0.2) is 0 Å². The van der Waals surface area contributed by atoms with E-state index in [1.54, 1.807) is 12.2 Å². The Morgan fingerprint density at radius 2 is 1.92 bits per heavy atom. The summed E-state index contributed by atoms with van der Waals surface area (Å²) in [5.41, 5.74) is -0.446. The van der Waals surface area contributed by atoms with Crippen molar-refractivity contribution in [1.82, 2.24) is 0 Å². The third-order valence-electron chi connectivity index (χ3n) is 1.52. The van der Waals surface area contributed by atoms with Crippen LogP contribution in [0.2, 0.25) is 6.55 Å². The van der Waals surface area contributed by atoms with Crippen LogP contribution in [-0.2, 0) is 8.85 Å². The topological polar surface area (TPSA) is 18.5 Å². The largest absolute Gasteiger partial charge is 0.394 e. The lowest BCUT2D eigenvalue weighted by Crippen LogP contribution is -2.32. The highest BCUT2D eigenvalue weighted by atomic mass is 28.3. The van der Waals surface area contributed by atoms with Gasteiger partial charge >= 0.3 is 9.28 Å². The molecule has 1 radical (unpaired) electrons. The van der Waals surface area contributed by atoms with Crippen LogP contribution >= 0.6 is 0 Å². The lowest BCUT2D eigenvalue weighted by atomic mass is 10.1. The predicted octanol–water partition coefficient (Wildman–Crippen LogP) is 2.29. The van der Waals surface area contributed by atoms with E-state index in [1.165, 1.54) is 0 Å². The van der Waals surface area contributed by atoms with Crippen LogP contribution in [0.15, 0.2) is 25.3 Å². The SMILES string of the molecule is C=CC(C)(C=C)O[Si](C)OCC. The lowest BCUT2D eigenvalue weighted by Gasteiger charge is -2.24. The molecular formula is C9H17O2Si. The minimum Gasteiger partial charge on any atom is -0.394 e. The Hall–Kier alpha value is -0.383. The Morgan fingerprint density at radius 1 is 1.42 bits per heavy atom. The van der Waals surface area contributed by atoms with Crippen molar-refractivity contribution >= 4 is 9.28 Å². The Kier molecular flexibility index (Phi) is 5.13. The molecule has 0 atom stereocenters. The molecule has 0 aliphatic heterocycles. The molecule has 0 aliphatic rings. The highest BCUT2D eigenvalue weighted by molar-refractivity contribution is 6.42. The van der Waals surface area contributed by atoms with E-state index in [9.17, 15) is 0 Å². The Morgan fingerprint density at radius 3 is 2.25 bits per heavy atom. The molecule has 0 aromatic rings. The van der Waals surface area contributed by atoms with E-state index < -0.39 is 14.9 Å². The van der Waals surface area contributed by atoms with E-state index in [1.807, 2.05) is 20.4 Å². The molecule has 0 fully saturated rings. The van der Waals surface area contributed by atoms with Crippen molar-refractivity contribution in [2.45, 2.75) is 26.0 Å². The maximum atomic E-state index is 5.62. The van der Waals surface area contributed by atoms with Crippen LogP contribution in [0.4, 0.5) is 0 Å². The van der Waals surface area contributed by atoms with Crippen molar-refractivity contribution in [3.05, 3.63) is 25.3 Å². The van der Waals surface area contributed by atoms with Gasteiger partial charge in [0.2, 0.25) is 0 Å². The zero-order chi connectivity index (χ0) is 9.61. The van der Waals surface area contributed by atoms with Gasteiger partial charge in [0.05, 0.1) is 5.60 Å². The first-order chi connectivity index (χ1) is 5.58. The van der Waals surface area contributed by atoms with Gasteiger partial charge in [0.15, 0.2) is 0 Å².